The van der Waals surface area contributed by atoms with Crippen molar-refractivity contribution >= 4 is 22.4 Å². The number of para-hydroxylation sites is 2. The molecule has 0 aliphatic carbocycles. The van der Waals surface area contributed by atoms with Crippen LogP contribution in [0.5, 0.6) is 0 Å². The van der Waals surface area contributed by atoms with E-state index in [1.54, 1.807) is 11.3 Å². The summed E-state index contributed by atoms with van der Waals surface area (Å²) in [5.74, 6) is 0. The molecule has 2 aromatic heterocycles. The van der Waals surface area contributed by atoms with E-state index >= 15 is 0 Å². The Morgan fingerprint density at radius 3 is 2.88 bits per heavy atom. The Hall–Kier alpha value is -2.54. The van der Waals surface area contributed by atoms with E-state index in [2.05, 4.69) is 9.83 Å². The summed E-state index contributed by atoms with van der Waals surface area (Å²) in [6, 6.07) is 9.03. The van der Waals surface area contributed by atoms with Gasteiger partial charge in [0.2, 0.25) is 5.69 Å². The largest absolute Gasteiger partial charge is 0.349 e. The maximum Gasteiger partial charge on any atom is 0.254 e. The normalized spacial score (nSPS) is 10.8. The van der Waals surface area contributed by atoms with Gasteiger partial charge in [0.1, 0.15) is 5.65 Å². The Morgan fingerprint density at radius 2 is 2.12 bits per heavy atom. The minimum atomic E-state index is -0.109. The van der Waals surface area contributed by atoms with E-state index in [0.29, 0.717) is 16.9 Å². The van der Waals surface area contributed by atoms with Crippen molar-refractivity contribution in [3.8, 4) is 0 Å². The molecule has 4 heteroatoms. The number of nitrogens with one attached hydrogen (secondary N) is 1. The third-order valence-electron chi connectivity index (χ3n) is 2.89. The molecule has 0 saturated carbocycles. The molecule has 0 aliphatic heterocycles. The van der Waals surface area contributed by atoms with Crippen molar-refractivity contribution < 1.29 is 0 Å². The van der Waals surface area contributed by atoms with Gasteiger partial charge in [-0.25, -0.2) is 4.85 Å². The summed E-state index contributed by atoms with van der Waals surface area (Å²) in [5, 5.41) is 0. The lowest BCUT2D eigenvalue weighted by Gasteiger charge is -1.99. The molecule has 3 rings (SSSR count). The maximum atomic E-state index is 12.0. The highest BCUT2D eigenvalue weighted by Crippen LogP contribution is 2.25. The van der Waals surface area contributed by atoms with Crippen LogP contribution in [0.3, 0.4) is 0 Å². The number of imidazole rings is 1. The number of H-pyrrole nitrogens is 1. The Morgan fingerprint density at radius 1 is 1.35 bits per heavy atom. The lowest BCUT2D eigenvalue weighted by molar-refractivity contribution is 1.14. The first-order chi connectivity index (χ1) is 8.22. The van der Waals surface area contributed by atoms with Crippen molar-refractivity contribution in [3.05, 3.63) is 57.7 Å². The molecule has 0 unspecified atom stereocenters. The molecule has 0 saturated heterocycles. The second kappa shape index (κ2) is 3.22. The lowest BCUT2D eigenvalue weighted by Crippen LogP contribution is -2.11. The van der Waals surface area contributed by atoms with Crippen LogP contribution in [0.15, 0.2) is 35.1 Å². The molecule has 0 aliphatic rings. The fourth-order valence-corrected chi connectivity index (χ4v) is 2.12. The van der Waals surface area contributed by atoms with Gasteiger partial charge in [0.25, 0.3) is 5.56 Å². The average molecular weight is 223 g/mol. The summed E-state index contributed by atoms with van der Waals surface area (Å²) in [4.78, 5) is 18.6. The first-order valence-corrected chi connectivity index (χ1v) is 5.23. The van der Waals surface area contributed by atoms with Crippen LogP contribution in [0.1, 0.15) is 5.56 Å². The Bertz CT molecular complexity index is 833. The number of aryl methyl sites for hydroxylation is 1. The Kier molecular flexibility index (Phi) is 1.83. The molecule has 2 heterocycles. The summed E-state index contributed by atoms with van der Waals surface area (Å²) >= 11 is 0. The predicted octanol–water partition coefficient (Wildman–Crippen LogP) is 2.64. The second-order valence-electron chi connectivity index (χ2n) is 3.95. The standard InChI is InChI=1S/C13H9N3O/c1-8-7-11(17)16-10-6-4-3-5-9(10)15-13(16)12(8)14-2/h3-7,15H,1H3. The highest BCUT2D eigenvalue weighted by Gasteiger charge is 2.11. The van der Waals surface area contributed by atoms with Gasteiger partial charge in [-0.2, -0.15) is 0 Å². The first kappa shape index (κ1) is 9.67. The van der Waals surface area contributed by atoms with E-state index in [9.17, 15) is 4.79 Å². The number of aromatic nitrogens is 2. The number of rotatable bonds is 0. The van der Waals surface area contributed by atoms with Gasteiger partial charge in [0.15, 0.2) is 0 Å². The smallest absolute Gasteiger partial charge is 0.254 e. The Labute approximate surface area is 96.9 Å². The summed E-state index contributed by atoms with van der Waals surface area (Å²) < 4.78 is 1.55. The van der Waals surface area contributed by atoms with Crippen LogP contribution >= 0.6 is 0 Å². The molecule has 3 aromatic rings. The van der Waals surface area contributed by atoms with Crippen LogP contribution in [0.25, 0.3) is 21.5 Å². The molecular weight excluding hydrogens is 214 g/mol. The van der Waals surface area contributed by atoms with Gasteiger partial charge in [0, 0.05) is 0 Å². The van der Waals surface area contributed by atoms with Gasteiger partial charge < -0.3 is 4.98 Å². The monoisotopic (exact) mass is 223 g/mol. The van der Waals surface area contributed by atoms with Gasteiger partial charge in [-0.15, -0.1) is 0 Å². The fraction of sp³-hybridized carbons (Fsp3) is 0.0769. The van der Waals surface area contributed by atoms with Crippen LogP contribution in [-0.2, 0) is 0 Å². The zero-order valence-electron chi connectivity index (χ0n) is 9.19. The van der Waals surface area contributed by atoms with E-state index in [1.165, 1.54) is 6.07 Å². The molecule has 1 N–H and O–H groups in total. The molecule has 1 aromatic carbocycles. The van der Waals surface area contributed by atoms with E-state index in [0.717, 1.165) is 11.0 Å². The van der Waals surface area contributed by atoms with Crippen molar-refractivity contribution in [2.45, 2.75) is 6.92 Å². The van der Waals surface area contributed by atoms with E-state index in [1.807, 2.05) is 24.3 Å². The second-order valence-corrected chi connectivity index (χ2v) is 3.95. The van der Waals surface area contributed by atoms with E-state index < -0.39 is 0 Å². The molecule has 4 nitrogen and oxygen atoms in total. The minimum absolute atomic E-state index is 0.109. The van der Waals surface area contributed by atoms with Crippen molar-refractivity contribution in [1.29, 1.82) is 0 Å². The SMILES string of the molecule is [C-]#[N+]c1c(C)cc(=O)n2c1[nH]c1ccccc12. The van der Waals surface area contributed by atoms with E-state index in [4.69, 9.17) is 6.57 Å². The molecule has 0 bridgehead atoms. The fourth-order valence-electron chi connectivity index (χ4n) is 2.12. The van der Waals surface area contributed by atoms with Crippen LogP contribution in [0.4, 0.5) is 5.69 Å². The third kappa shape index (κ3) is 1.20. The zero-order chi connectivity index (χ0) is 12.0. The summed E-state index contributed by atoms with van der Waals surface area (Å²) in [5.41, 5.74) is 3.34. The molecule has 0 amide bonds. The van der Waals surface area contributed by atoms with Crippen molar-refractivity contribution in [2.75, 3.05) is 0 Å². The predicted molar refractivity (Wildman–Crippen MR) is 66.5 cm³/mol. The van der Waals surface area contributed by atoms with Crippen LogP contribution in [-0.4, -0.2) is 9.38 Å². The first-order valence-electron chi connectivity index (χ1n) is 5.23. The maximum absolute atomic E-state index is 12.0. The highest BCUT2D eigenvalue weighted by molar-refractivity contribution is 5.86. The summed E-state index contributed by atoms with van der Waals surface area (Å²) in [6.45, 7) is 8.98. The molecule has 0 radical (unpaired) electrons. The molecular formula is C13H9N3O. The molecule has 0 atom stereocenters. The average Bonchev–Trinajstić information content (AvgIpc) is 2.68. The quantitative estimate of drug-likeness (QED) is 0.585. The van der Waals surface area contributed by atoms with Crippen LogP contribution in [0, 0.1) is 13.5 Å². The number of fused-ring (bicyclic) bond motifs is 3. The highest BCUT2D eigenvalue weighted by atomic mass is 16.1. The van der Waals surface area contributed by atoms with Gasteiger partial charge in [-0.05, 0) is 30.7 Å². The van der Waals surface area contributed by atoms with Gasteiger partial charge >= 0.3 is 0 Å². The molecule has 0 fully saturated rings. The van der Waals surface area contributed by atoms with Crippen LogP contribution in [0.2, 0.25) is 0 Å². The van der Waals surface area contributed by atoms with Crippen LogP contribution < -0.4 is 5.56 Å². The number of hydrogen-bond acceptors (Lipinski definition) is 1. The number of benzene rings is 1. The molecule has 0 spiro atoms. The van der Waals surface area contributed by atoms with Gasteiger partial charge in [-0.3, -0.25) is 9.20 Å². The van der Waals surface area contributed by atoms with Gasteiger partial charge in [-0.1, -0.05) is 12.1 Å². The summed E-state index contributed by atoms with van der Waals surface area (Å²) in [6.07, 6.45) is 0. The number of hydrogen-bond donors (Lipinski definition) is 1. The lowest BCUT2D eigenvalue weighted by atomic mass is 10.2. The molecule has 17 heavy (non-hydrogen) atoms. The number of nitrogens with zero attached hydrogens (tertiary/aromatic N) is 2. The van der Waals surface area contributed by atoms with Crippen molar-refractivity contribution in [2.24, 2.45) is 0 Å². The zero-order valence-corrected chi connectivity index (χ0v) is 9.19. The minimum Gasteiger partial charge on any atom is -0.349 e. The molecule has 82 valence electrons. The van der Waals surface area contributed by atoms with Crippen molar-refractivity contribution in [1.82, 2.24) is 9.38 Å². The number of aromatic amines is 1. The third-order valence-corrected chi connectivity index (χ3v) is 2.89. The topological polar surface area (TPSA) is 41.6 Å². The number of pyridine rings is 1. The van der Waals surface area contributed by atoms with Crippen molar-refractivity contribution in [3.63, 3.8) is 0 Å². The summed E-state index contributed by atoms with van der Waals surface area (Å²) in [7, 11) is 0. The van der Waals surface area contributed by atoms with Gasteiger partial charge in [0.05, 0.1) is 17.6 Å². The Balaban J connectivity index is 2.70. The van der Waals surface area contributed by atoms with E-state index in [-0.39, 0.29) is 5.56 Å².